The van der Waals surface area contributed by atoms with Gasteiger partial charge in [0.1, 0.15) is 6.17 Å². The number of aromatic nitrogens is 2. The summed E-state index contributed by atoms with van der Waals surface area (Å²) < 4.78 is 15.8. The number of hydrogen-bond donors (Lipinski definition) is 0. The fourth-order valence-corrected chi connectivity index (χ4v) is 3.73. The summed E-state index contributed by atoms with van der Waals surface area (Å²) in [6.45, 7) is 1.70. The molecule has 0 aromatic carbocycles. The monoisotopic (exact) mass is 334 g/mol. The van der Waals surface area contributed by atoms with E-state index in [1.54, 1.807) is 11.1 Å². The molecule has 3 atom stereocenters. The van der Waals surface area contributed by atoms with Crippen molar-refractivity contribution in [2.24, 2.45) is 13.0 Å². The third-order valence-corrected chi connectivity index (χ3v) is 5.22. The first-order valence-electron chi connectivity index (χ1n) is 8.78. The second-order valence-electron chi connectivity index (χ2n) is 7.11. The van der Waals surface area contributed by atoms with Crippen molar-refractivity contribution in [2.45, 2.75) is 44.4 Å². The van der Waals surface area contributed by atoms with Crippen LogP contribution in [0.3, 0.4) is 0 Å². The van der Waals surface area contributed by atoms with Crippen LogP contribution < -0.4 is 0 Å². The molecular weight excluding hydrogens is 307 g/mol. The molecule has 0 N–H and O–H groups in total. The number of rotatable bonds is 6. The lowest BCUT2D eigenvalue weighted by Gasteiger charge is -2.28. The number of aryl methyl sites for hydroxylation is 1. The number of halogens is 1. The Labute approximate surface area is 143 Å². The van der Waals surface area contributed by atoms with Gasteiger partial charge < -0.3 is 4.90 Å². The van der Waals surface area contributed by atoms with Gasteiger partial charge in [0.25, 0.3) is 0 Å². The van der Waals surface area contributed by atoms with Crippen LogP contribution in [0.25, 0.3) is 0 Å². The van der Waals surface area contributed by atoms with E-state index in [0.717, 1.165) is 18.5 Å². The first-order chi connectivity index (χ1) is 11.5. The lowest BCUT2D eigenvalue weighted by atomic mass is 10.0. The van der Waals surface area contributed by atoms with E-state index in [1.165, 1.54) is 0 Å². The zero-order valence-electron chi connectivity index (χ0n) is 14.6. The number of hydrogen-bond acceptors (Lipinski definition) is 3. The summed E-state index contributed by atoms with van der Waals surface area (Å²) in [5, 5.41) is 4.17. The molecule has 1 amide bonds. The summed E-state index contributed by atoms with van der Waals surface area (Å²) in [6, 6.07) is 2.03. The molecule has 1 aliphatic carbocycles. The zero-order chi connectivity index (χ0) is 17.1. The van der Waals surface area contributed by atoms with Gasteiger partial charge in [-0.2, -0.15) is 5.10 Å². The van der Waals surface area contributed by atoms with Crippen molar-refractivity contribution in [1.29, 1.82) is 0 Å². The normalized spacial score (nSPS) is 27.0. The molecule has 0 saturated carbocycles. The van der Waals surface area contributed by atoms with Crippen LogP contribution in [0.4, 0.5) is 4.39 Å². The Morgan fingerprint density at radius 3 is 3.00 bits per heavy atom. The quantitative estimate of drug-likeness (QED) is 0.749. The zero-order valence-corrected chi connectivity index (χ0v) is 14.6. The number of carbonyl (C=O) groups excluding carboxylic acids is 1. The van der Waals surface area contributed by atoms with Gasteiger partial charge in [-0.1, -0.05) is 12.2 Å². The van der Waals surface area contributed by atoms with E-state index in [-0.39, 0.29) is 11.9 Å². The summed E-state index contributed by atoms with van der Waals surface area (Å²) in [6.07, 6.45) is 8.46. The fraction of sp³-hybridized carbons (Fsp3) is 0.667. The highest BCUT2D eigenvalue weighted by Crippen LogP contribution is 2.25. The van der Waals surface area contributed by atoms with Crippen molar-refractivity contribution in [3.63, 3.8) is 0 Å². The Morgan fingerprint density at radius 2 is 2.33 bits per heavy atom. The number of carbonyl (C=O) groups is 1. The van der Waals surface area contributed by atoms with Gasteiger partial charge in [0.15, 0.2) is 0 Å². The van der Waals surface area contributed by atoms with Gasteiger partial charge in [-0.15, -0.1) is 0 Å². The van der Waals surface area contributed by atoms with Gasteiger partial charge in [0, 0.05) is 52.4 Å². The molecular formula is C18H27FN4O. The second-order valence-corrected chi connectivity index (χ2v) is 7.11. The van der Waals surface area contributed by atoms with Crippen molar-refractivity contribution < 1.29 is 9.18 Å². The highest BCUT2D eigenvalue weighted by molar-refractivity contribution is 5.76. The minimum absolute atomic E-state index is 0.0722. The minimum atomic E-state index is -0.815. The van der Waals surface area contributed by atoms with Crippen LogP contribution >= 0.6 is 0 Å². The SMILES string of the molecule is CN(C[C@@H]1C[C@H](F)CN1Cc1ccnn1C)C(=O)C[C@H]1C=CCC1. The Bertz CT molecular complexity index is 600. The molecule has 2 heterocycles. The van der Waals surface area contributed by atoms with Gasteiger partial charge in [0.05, 0.1) is 5.69 Å². The predicted molar refractivity (Wildman–Crippen MR) is 91.0 cm³/mol. The Hall–Kier alpha value is -1.69. The van der Waals surface area contributed by atoms with E-state index in [1.807, 2.05) is 24.8 Å². The molecule has 1 saturated heterocycles. The maximum atomic E-state index is 14.0. The molecule has 1 fully saturated rings. The smallest absolute Gasteiger partial charge is 0.222 e. The summed E-state index contributed by atoms with van der Waals surface area (Å²) in [5.41, 5.74) is 1.07. The van der Waals surface area contributed by atoms with Gasteiger partial charge >= 0.3 is 0 Å². The molecule has 1 aromatic rings. The van der Waals surface area contributed by atoms with Crippen molar-refractivity contribution in [2.75, 3.05) is 20.1 Å². The Kier molecular flexibility index (Phi) is 5.33. The second kappa shape index (κ2) is 7.47. The number of likely N-dealkylation sites (N-methyl/N-ethyl adjacent to an activating group) is 1. The predicted octanol–water partition coefficient (Wildman–Crippen LogP) is 2.15. The molecule has 3 rings (SSSR count). The molecule has 6 heteroatoms. The molecule has 0 radical (unpaired) electrons. The number of likely N-dealkylation sites (tertiary alicyclic amines) is 1. The first-order valence-corrected chi connectivity index (χ1v) is 8.78. The number of amides is 1. The van der Waals surface area contributed by atoms with Crippen molar-refractivity contribution in [3.05, 3.63) is 30.1 Å². The average molecular weight is 334 g/mol. The lowest BCUT2D eigenvalue weighted by molar-refractivity contribution is -0.131. The van der Waals surface area contributed by atoms with Gasteiger partial charge in [-0.05, 0) is 31.2 Å². The standard InChI is InChI=1S/C18H27FN4O/c1-21(18(24)9-14-5-3-4-6-14)12-17-10-15(19)11-23(17)13-16-7-8-20-22(16)2/h3,5,7-8,14-15,17H,4,6,9-13H2,1-2H3/t14-,15-,17-/m0/s1. The largest absolute Gasteiger partial charge is 0.344 e. The number of nitrogens with zero attached hydrogens (tertiary/aromatic N) is 4. The molecule has 132 valence electrons. The van der Waals surface area contributed by atoms with E-state index >= 15 is 0 Å². The van der Waals surface area contributed by atoms with E-state index in [4.69, 9.17) is 0 Å². The maximum Gasteiger partial charge on any atom is 0.222 e. The van der Waals surface area contributed by atoms with E-state index in [0.29, 0.717) is 38.4 Å². The number of alkyl halides is 1. The van der Waals surface area contributed by atoms with Crippen LogP contribution in [0.5, 0.6) is 0 Å². The molecule has 0 spiro atoms. The summed E-state index contributed by atoms with van der Waals surface area (Å²) in [5.74, 6) is 0.539. The van der Waals surface area contributed by atoms with Crippen LogP contribution in [0, 0.1) is 5.92 Å². The number of allylic oxidation sites excluding steroid dienone is 2. The van der Waals surface area contributed by atoms with Crippen LogP contribution in [0.15, 0.2) is 24.4 Å². The molecule has 24 heavy (non-hydrogen) atoms. The molecule has 0 bridgehead atoms. The highest BCUT2D eigenvalue weighted by atomic mass is 19.1. The molecule has 1 aliphatic heterocycles. The van der Waals surface area contributed by atoms with Crippen LogP contribution in [-0.4, -0.2) is 57.8 Å². The van der Waals surface area contributed by atoms with E-state index < -0.39 is 6.17 Å². The van der Waals surface area contributed by atoms with E-state index in [2.05, 4.69) is 22.2 Å². The molecule has 0 unspecified atom stereocenters. The third-order valence-electron chi connectivity index (χ3n) is 5.22. The lowest BCUT2D eigenvalue weighted by Crippen LogP contribution is -2.41. The van der Waals surface area contributed by atoms with Crippen LogP contribution in [0.2, 0.25) is 0 Å². The Balaban J connectivity index is 1.56. The van der Waals surface area contributed by atoms with Crippen molar-refractivity contribution in [1.82, 2.24) is 19.6 Å². The molecule has 2 aliphatic rings. The first kappa shape index (κ1) is 17.1. The highest BCUT2D eigenvalue weighted by Gasteiger charge is 2.34. The topological polar surface area (TPSA) is 41.4 Å². The third kappa shape index (κ3) is 4.04. The van der Waals surface area contributed by atoms with Crippen LogP contribution in [0.1, 0.15) is 31.4 Å². The van der Waals surface area contributed by atoms with Crippen LogP contribution in [-0.2, 0) is 18.4 Å². The van der Waals surface area contributed by atoms with Gasteiger partial charge in [-0.25, -0.2) is 4.39 Å². The maximum absolute atomic E-state index is 14.0. The van der Waals surface area contributed by atoms with Gasteiger partial charge in [0.2, 0.25) is 5.91 Å². The summed E-state index contributed by atoms with van der Waals surface area (Å²) in [4.78, 5) is 16.3. The molecule has 1 aromatic heterocycles. The fourth-order valence-electron chi connectivity index (χ4n) is 3.73. The van der Waals surface area contributed by atoms with Gasteiger partial charge in [-0.3, -0.25) is 14.4 Å². The Morgan fingerprint density at radius 1 is 1.50 bits per heavy atom. The van der Waals surface area contributed by atoms with E-state index in [9.17, 15) is 9.18 Å². The minimum Gasteiger partial charge on any atom is -0.344 e. The van der Waals surface area contributed by atoms with Crippen molar-refractivity contribution in [3.8, 4) is 0 Å². The van der Waals surface area contributed by atoms with Crippen molar-refractivity contribution >= 4 is 5.91 Å². The summed E-state index contributed by atoms with van der Waals surface area (Å²) in [7, 11) is 3.74. The molecule has 5 nitrogen and oxygen atoms in total. The average Bonchev–Trinajstić information content (AvgIpc) is 3.24. The summed E-state index contributed by atoms with van der Waals surface area (Å²) >= 11 is 0.